The van der Waals surface area contributed by atoms with Crippen LogP contribution in [0.2, 0.25) is 0 Å². The molecule has 1 aromatic carbocycles. The molecule has 1 rings (SSSR count). The van der Waals surface area contributed by atoms with E-state index in [1.54, 1.807) is 24.3 Å². The molecule has 1 aromatic rings. The Hall–Kier alpha value is -2.35. The van der Waals surface area contributed by atoms with Crippen LogP contribution in [-0.2, 0) is 11.2 Å². The molecule has 0 bridgehead atoms. The summed E-state index contributed by atoms with van der Waals surface area (Å²) in [7, 11) is 0. The highest BCUT2D eigenvalue weighted by molar-refractivity contribution is 5.95. The number of amides is 1. The summed E-state index contributed by atoms with van der Waals surface area (Å²) in [5.41, 5.74) is 1.19. The van der Waals surface area contributed by atoms with Gasteiger partial charge in [0.2, 0.25) is 0 Å². The molecule has 0 aliphatic heterocycles. The van der Waals surface area contributed by atoms with Gasteiger partial charge in [-0.25, -0.2) is 0 Å². The number of carbonyl (C=O) groups is 2. The molecular weight excluding hydrogens is 208 g/mol. The highest BCUT2D eigenvalue weighted by Crippen LogP contribution is 2.04. The summed E-state index contributed by atoms with van der Waals surface area (Å²) in [5.74, 6) is -1.53. The predicted octanol–water partition coefficient (Wildman–Crippen LogP) is 0.567. The number of nitriles is 1. The van der Waals surface area contributed by atoms with Crippen LogP contribution in [0.4, 0.5) is 0 Å². The SMILES string of the molecule is N#CCc1ccc(C(=O)NCC(=O)O)cc1. The number of carboxylic acids is 1. The van der Waals surface area contributed by atoms with Gasteiger partial charge in [-0.2, -0.15) is 5.26 Å². The van der Waals surface area contributed by atoms with Crippen LogP contribution in [0.25, 0.3) is 0 Å². The van der Waals surface area contributed by atoms with Gasteiger partial charge in [-0.3, -0.25) is 9.59 Å². The highest BCUT2D eigenvalue weighted by Gasteiger charge is 2.06. The van der Waals surface area contributed by atoms with E-state index >= 15 is 0 Å². The van der Waals surface area contributed by atoms with Crippen molar-refractivity contribution < 1.29 is 14.7 Å². The van der Waals surface area contributed by atoms with Crippen molar-refractivity contribution in [3.05, 3.63) is 35.4 Å². The fourth-order valence-electron chi connectivity index (χ4n) is 1.12. The van der Waals surface area contributed by atoms with Crippen molar-refractivity contribution >= 4 is 11.9 Å². The zero-order chi connectivity index (χ0) is 12.0. The van der Waals surface area contributed by atoms with E-state index in [9.17, 15) is 9.59 Å². The maximum Gasteiger partial charge on any atom is 0.322 e. The van der Waals surface area contributed by atoms with E-state index in [0.717, 1.165) is 5.56 Å². The second-order valence-corrected chi connectivity index (χ2v) is 3.11. The Bertz CT molecular complexity index is 432. The van der Waals surface area contributed by atoms with Crippen molar-refractivity contribution in [1.82, 2.24) is 5.32 Å². The first-order chi connectivity index (χ1) is 7.63. The summed E-state index contributed by atoms with van der Waals surface area (Å²) in [6.45, 7) is -0.404. The minimum atomic E-state index is -1.09. The molecule has 0 radical (unpaired) electrons. The van der Waals surface area contributed by atoms with Gasteiger partial charge in [-0.05, 0) is 17.7 Å². The lowest BCUT2D eigenvalue weighted by Gasteiger charge is -2.02. The number of hydrogen-bond donors (Lipinski definition) is 2. The van der Waals surface area contributed by atoms with Crippen LogP contribution in [0.5, 0.6) is 0 Å². The largest absolute Gasteiger partial charge is 0.480 e. The van der Waals surface area contributed by atoms with Gasteiger partial charge in [0, 0.05) is 5.56 Å². The predicted molar refractivity (Wildman–Crippen MR) is 55.7 cm³/mol. The lowest BCUT2D eigenvalue weighted by atomic mass is 10.1. The first kappa shape index (κ1) is 11.7. The van der Waals surface area contributed by atoms with Gasteiger partial charge in [0.15, 0.2) is 0 Å². The number of nitrogens with one attached hydrogen (secondary N) is 1. The number of nitrogens with zero attached hydrogens (tertiary/aromatic N) is 1. The van der Waals surface area contributed by atoms with Gasteiger partial charge in [-0.1, -0.05) is 12.1 Å². The molecule has 82 valence electrons. The number of hydrogen-bond acceptors (Lipinski definition) is 3. The molecule has 0 atom stereocenters. The topological polar surface area (TPSA) is 90.2 Å². The van der Waals surface area contributed by atoms with Crippen molar-refractivity contribution in [3.63, 3.8) is 0 Å². The van der Waals surface area contributed by atoms with Crippen molar-refractivity contribution in [2.24, 2.45) is 0 Å². The molecule has 16 heavy (non-hydrogen) atoms. The molecule has 0 heterocycles. The smallest absolute Gasteiger partial charge is 0.322 e. The second-order valence-electron chi connectivity index (χ2n) is 3.11. The molecule has 5 heteroatoms. The molecule has 0 saturated heterocycles. The van der Waals surface area contributed by atoms with Gasteiger partial charge in [0.25, 0.3) is 5.91 Å². The molecule has 0 spiro atoms. The summed E-state index contributed by atoms with van der Waals surface area (Å²) in [5, 5.41) is 19.1. The maximum atomic E-state index is 11.4. The standard InChI is InChI=1S/C11H10N2O3/c12-6-5-8-1-3-9(4-2-8)11(16)13-7-10(14)15/h1-4H,5,7H2,(H,13,16)(H,14,15). The van der Waals surface area contributed by atoms with Crippen LogP contribution in [0.1, 0.15) is 15.9 Å². The van der Waals surface area contributed by atoms with Crippen LogP contribution < -0.4 is 5.32 Å². The number of carboxylic acid groups (broad SMARTS) is 1. The van der Waals surface area contributed by atoms with Crippen LogP contribution in [-0.4, -0.2) is 23.5 Å². The highest BCUT2D eigenvalue weighted by atomic mass is 16.4. The van der Waals surface area contributed by atoms with Crippen LogP contribution >= 0.6 is 0 Å². The monoisotopic (exact) mass is 218 g/mol. The first-order valence-corrected chi connectivity index (χ1v) is 4.59. The first-order valence-electron chi connectivity index (χ1n) is 4.59. The number of rotatable bonds is 4. The fourth-order valence-corrected chi connectivity index (χ4v) is 1.12. The zero-order valence-corrected chi connectivity index (χ0v) is 8.43. The zero-order valence-electron chi connectivity index (χ0n) is 8.43. The Morgan fingerprint density at radius 1 is 1.31 bits per heavy atom. The Balaban J connectivity index is 2.63. The van der Waals surface area contributed by atoms with Gasteiger partial charge in [0.1, 0.15) is 6.54 Å². The summed E-state index contributed by atoms with van der Waals surface area (Å²) in [4.78, 5) is 21.6. The van der Waals surface area contributed by atoms with E-state index in [0.29, 0.717) is 5.56 Å². The van der Waals surface area contributed by atoms with E-state index in [2.05, 4.69) is 5.32 Å². The molecule has 0 unspecified atom stereocenters. The van der Waals surface area contributed by atoms with Crippen molar-refractivity contribution in [2.45, 2.75) is 6.42 Å². The molecule has 0 aromatic heterocycles. The van der Waals surface area contributed by atoms with E-state index in [-0.39, 0.29) is 6.42 Å². The molecule has 0 aliphatic rings. The average Bonchev–Trinajstić information content (AvgIpc) is 2.27. The van der Waals surface area contributed by atoms with Gasteiger partial charge >= 0.3 is 5.97 Å². The summed E-state index contributed by atoms with van der Waals surface area (Å²) in [6, 6.07) is 8.44. The number of benzene rings is 1. The summed E-state index contributed by atoms with van der Waals surface area (Å²) in [6.07, 6.45) is 0.289. The third-order valence-electron chi connectivity index (χ3n) is 1.90. The number of carbonyl (C=O) groups excluding carboxylic acids is 1. The van der Waals surface area contributed by atoms with Crippen LogP contribution in [0.3, 0.4) is 0 Å². The third kappa shape index (κ3) is 3.42. The normalized spacial score (nSPS) is 9.19. The molecule has 1 amide bonds. The summed E-state index contributed by atoms with van der Waals surface area (Å²) < 4.78 is 0. The molecule has 5 nitrogen and oxygen atoms in total. The number of aliphatic carboxylic acids is 1. The quantitative estimate of drug-likeness (QED) is 0.772. The van der Waals surface area contributed by atoms with E-state index in [4.69, 9.17) is 10.4 Å². The third-order valence-corrected chi connectivity index (χ3v) is 1.90. The fraction of sp³-hybridized carbons (Fsp3) is 0.182. The van der Waals surface area contributed by atoms with E-state index in [1.165, 1.54) is 0 Å². The Morgan fingerprint density at radius 3 is 2.44 bits per heavy atom. The second kappa shape index (κ2) is 5.51. The molecule has 0 aliphatic carbocycles. The van der Waals surface area contributed by atoms with Crippen LogP contribution in [0, 0.1) is 11.3 Å². The molecule has 0 fully saturated rings. The van der Waals surface area contributed by atoms with Gasteiger partial charge in [0.05, 0.1) is 12.5 Å². The average molecular weight is 218 g/mol. The van der Waals surface area contributed by atoms with E-state index in [1.807, 2.05) is 6.07 Å². The Labute approximate surface area is 92.3 Å². The Kier molecular flexibility index (Phi) is 4.04. The lowest BCUT2D eigenvalue weighted by molar-refractivity contribution is -0.135. The van der Waals surface area contributed by atoms with Gasteiger partial charge < -0.3 is 10.4 Å². The maximum absolute atomic E-state index is 11.4. The lowest BCUT2D eigenvalue weighted by Crippen LogP contribution is -2.29. The molecule has 0 saturated carbocycles. The molecule has 2 N–H and O–H groups in total. The van der Waals surface area contributed by atoms with Crippen molar-refractivity contribution in [3.8, 4) is 6.07 Å². The summed E-state index contributed by atoms with van der Waals surface area (Å²) >= 11 is 0. The van der Waals surface area contributed by atoms with E-state index < -0.39 is 18.4 Å². The molecular formula is C11H10N2O3. The van der Waals surface area contributed by atoms with Crippen molar-refractivity contribution in [2.75, 3.05) is 6.54 Å². The Morgan fingerprint density at radius 2 is 1.94 bits per heavy atom. The van der Waals surface area contributed by atoms with Gasteiger partial charge in [-0.15, -0.1) is 0 Å². The van der Waals surface area contributed by atoms with Crippen LogP contribution in [0.15, 0.2) is 24.3 Å². The minimum Gasteiger partial charge on any atom is -0.480 e. The van der Waals surface area contributed by atoms with Crippen molar-refractivity contribution in [1.29, 1.82) is 5.26 Å². The minimum absolute atomic E-state index is 0.289.